The molecule has 5 nitrogen and oxygen atoms in total. The number of nitrogens with two attached hydrogens (primary N) is 1. The zero-order chi connectivity index (χ0) is 15.5. The maximum atomic E-state index is 14.4. The van der Waals surface area contributed by atoms with E-state index in [9.17, 15) is 4.39 Å². The molecule has 116 valence electrons. The first-order valence-electron chi connectivity index (χ1n) is 7.02. The molecule has 21 heavy (non-hydrogen) atoms. The third kappa shape index (κ3) is 3.51. The fourth-order valence-corrected chi connectivity index (χ4v) is 2.80. The van der Waals surface area contributed by atoms with Crippen molar-refractivity contribution < 1.29 is 14.3 Å². The summed E-state index contributed by atoms with van der Waals surface area (Å²) in [6.07, 6.45) is 2.03. The summed E-state index contributed by atoms with van der Waals surface area (Å²) in [5.41, 5.74) is 5.97. The predicted octanol–water partition coefficient (Wildman–Crippen LogP) is 1.92. The molecule has 0 amide bonds. The zero-order valence-electron chi connectivity index (χ0n) is 12.5. The molecule has 0 aromatic heterocycles. The summed E-state index contributed by atoms with van der Waals surface area (Å²) in [6.45, 7) is 4.22. The van der Waals surface area contributed by atoms with E-state index >= 15 is 0 Å². The molecule has 1 aliphatic heterocycles. The van der Waals surface area contributed by atoms with E-state index in [4.69, 9.17) is 15.7 Å². The zero-order valence-corrected chi connectivity index (χ0v) is 12.5. The van der Waals surface area contributed by atoms with E-state index in [1.54, 1.807) is 19.2 Å². The van der Waals surface area contributed by atoms with E-state index in [-0.39, 0.29) is 17.0 Å². The lowest BCUT2D eigenvalue weighted by Crippen LogP contribution is -2.47. The molecule has 0 saturated carbocycles. The maximum absolute atomic E-state index is 14.4. The van der Waals surface area contributed by atoms with Gasteiger partial charge in [0.25, 0.3) is 0 Å². The van der Waals surface area contributed by atoms with Gasteiger partial charge in [0.15, 0.2) is 5.84 Å². The molecule has 1 saturated heterocycles. The summed E-state index contributed by atoms with van der Waals surface area (Å²) < 4.78 is 20.0. The molecule has 0 spiro atoms. The smallest absolute Gasteiger partial charge is 0.173 e. The summed E-state index contributed by atoms with van der Waals surface area (Å²) in [7, 11) is 1.71. The van der Waals surface area contributed by atoms with Gasteiger partial charge in [-0.05, 0) is 32.4 Å². The molecule has 1 atom stereocenters. The number of likely N-dealkylation sites (tertiary alicyclic amines) is 1. The van der Waals surface area contributed by atoms with Crippen LogP contribution in [0, 0.1) is 5.82 Å². The van der Waals surface area contributed by atoms with Crippen molar-refractivity contribution in [2.75, 3.05) is 20.2 Å². The van der Waals surface area contributed by atoms with Crippen LogP contribution >= 0.6 is 0 Å². The average Bonchev–Trinajstić information content (AvgIpc) is 2.49. The number of hydrogen-bond acceptors (Lipinski definition) is 4. The Balaban J connectivity index is 2.17. The fraction of sp³-hybridized carbons (Fsp3) is 0.533. The Morgan fingerprint density at radius 2 is 2.33 bits per heavy atom. The number of halogens is 1. The third-order valence-corrected chi connectivity index (χ3v) is 4.09. The van der Waals surface area contributed by atoms with Gasteiger partial charge in [-0.15, -0.1) is 0 Å². The lowest BCUT2D eigenvalue weighted by Gasteiger charge is -2.39. The highest BCUT2D eigenvalue weighted by Gasteiger charge is 2.31. The van der Waals surface area contributed by atoms with Crippen LogP contribution < -0.4 is 5.73 Å². The number of rotatable bonds is 4. The number of ether oxygens (including phenoxy) is 1. The number of hydrogen-bond donors (Lipinski definition) is 2. The van der Waals surface area contributed by atoms with Gasteiger partial charge in [0, 0.05) is 25.8 Å². The number of piperidine rings is 1. The summed E-state index contributed by atoms with van der Waals surface area (Å²) >= 11 is 0. The Morgan fingerprint density at radius 3 is 3.00 bits per heavy atom. The first-order chi connectivity index (χ1) is 9.99. The average molecular weight is 295 g/mol. The number of methoxy groups -OCH3 is 1. The summed E-state index contributed by atoms with van der Waals surface area (Å²) in [5, 5.41) is 11.6. The van der Waals surface area contributed by atoms with Crippen molar-refractivity contribution in [3.05, 3.63) is 35.1 Å². The summed E-state index contributed by atoms with van der Waals surface area (Å²) in [5.74, 6) is -0.646. The molecule has 1 aromatic carbocycles. The van der Waals surface area contributed by atoms with E-state index in [0.29, 0.717) is 12.1 Å². The van der Waals surface area contributed by atoms with Crippen molar-refractivity contribution in [3.63, 3.8) is 0 Å². The van der Waals surface area contributed by atoms with Crippen LogP contribution in [0.25, 0.3) is 0 Å². The molecule has 2 rings (SSSR count). The Labute approximate surface area is 124 Å². The van der Waals surface area contributed by atoms with Crippen LogP contribution in [0.3, 0.4) is 0 Å². The number of nitrogens with zero attached hydrogens (tertiary/aromatic N) is 2. The molecule has 0 bridgehead atoms. The van der Waals surface area contributed by atoms with Gasteiger partial charge in [0.05, 0.1) is 11.2 Å². The first-order valence-corrected chi connectivity index (χ1v) is 7.02. The maximum Gasteiger partial charge on any atom is 0.173 e. The molecule has 1 fully saturated rings. The highest BCUT2D eigenvalue weighted by molar-refractivity contribution is 5.97. The lowest BCUT2D eigenvalue weighted by molar-refractivity contribution is -0.0528. The SMILES string of the molecule is COC1(C)CCCN(Cc2cccc(/C(N)=N/O)c2F)C1. The highest BCUT2D eigenvalue weighted by Crippen LogP contribution is 2.25. The molecule has 6 heteroatoms. The van der Waals surface area contributed by atoms with Gasteiger partial charge in [-0.3, -0.25) is 4.90 Å². The number of benzene rings is 1. The van der Waals surface area contributed by atoms with Crippen molar-refractivity contribution in [2.24, 2.45) is 10.9 Å². The highest BCUT2D eigenvalue weighted by atomic mass is 19.1. The molecule has 3 N–H and O–H groups in total. The van der Waals surface area contributed by atoms with Gasteiger partial charge in [-0.1, -0.05) is 17.3 Å². The fourth-order valence-electron chi connectivity index (χ4n) is 2.80. The van der Waals surface area contributed by atoms with E-state index in [1.807, 2.05) is 0 Å². The van der Waals surface area contributed by atoms with E-state index < -0.39 is 5.82 Å². The third-order valence-electron chi connectivity index (χ3n) is 4.09. The quantitative estimate of drug-likeness (QED) is 0.385. The monoisotopic (exact) mass is 295 g/mol. The van der Waals surface area contributed by atoms with E-state index in [0.717, 1.165) is 25.9 Å². The Morgan fingerprint density at radius 1 is 1.57 bits per heavy atom. The van der Waals surface area contributed by atoms with Crippen LogP contribution in [0.2, 0.25) is 0 Å². The predicted molar refractivity (Wildman–Crippen MR) is 78.8 cm³/mol. The molecule has 1 heterocycles. The largest absolute Gasteiger partial charge is 0.409 e. The molecule has 1 aliphatic rings. The topological polar surface area (TPSA) is 71.1 Å². The standard InChI is InChI=1S/C15H22FN3O2/c1-15(21-2)7-4-8-19(10-15)9-11-5-3-6-12(13(11)16)14(17)18-20/h3,5-6,20H,4,7-10H2,1-2H3,(H2,17,18). The van der Waals surface area contributed by atoms with E-state index in [1.165, 1.54) is 6.07 Å². The second kappa shape index (κ2) is 6.41. The van der Waals surface area contributed by atoms with Crippen LogP contribution in [0.5, 0.6) is 0 Å². The van der Waals surface area contributed by atoms with E-state index in [2.05, 4.69) is 17.0 Å². The molecule has 1 unspecified atom stereocenters. The van der Waals surface area contributed by atoms with Crippen molar-refractivity contribution in [3.8, 4) is 0 Å². The second-order valence-corrected chi connectivity index (χ2v) is 5.73. The van der Waals surface area contributed by atoms with Crippen molar-refractivity contribution in [1.82, 2.24) is 4.90 Å². The molecule has 0 aliphatic carbocycles. The second-order valence-electron chi connectivity index (χ2n) is 5.73. The Bertz CT molecular complexity index is 536. The summed E-state index contributed by atoms with van der Waals surface area (Å²) in [4.78, 5) is 2.17. The number of oxime groups is 1. The van der Waals surface area contributed by atoms with Gasteiger partial charge in [-0.25, -0.2) is 4.39 Å². The van der Waals surface area contributed by atoms with Gasteiger partial charge in [-0.2, -0.15) is 0 Å². The minimum absolute atomic E-state index is 0.126. The first kappa shape index (κ1) is 15.7. The number of amidine groups is 1. The van der Waals surface area contributed by atoms with Gasteiger partial charge in [0.2, 0.25) is 0 Å². The van der Waals surface area contributed by atoms with Crippen LogP contribution in [0.15, 0.2) is 23.4 Å². The van der Waals surface area contributed by atoms with Gasteiger partial charge >= 0.3 is 0 Å². The molecule has 0 radical (unpaired) electrons. The molecular formula is C15H22FN3O2. The van der Waals surface area contributed by atoms with Crippen LogP contribution in [-0.4, -0.2) is 41.7 Å². The van der Waals surface area contributed by atoms with Crippen molar-refractivity contribution in [2.45, 2.75) is 31.9 Å². The van der Waals surface area contributed by atoms with Gasteiger partial charge in [0.1, 0.15) is 5.82 Å². The van der Waals surface area contributed by atoms with Gasteiger partial charge < -0.3 is 15.7 Å². The van der Waals surface area contributed by atoms with Crippen LogP contribution in [0.1, 0.15) is 30.9 Å². The Kier molecular flexibility index (Phi) is 4.80. The van der Waals surface area contributed by atoms with Crippen molar-refractivity contribution >= 4 is 5.84 Å². The molecule has 1 aromatic rings. The normalized spacial score (nSPS) is 24.2. The van der Waals surface area contributed by atoms with Crippen molar-refractivity contribution in [1.29, 1.82) is 0 Å². The minimum Gasteiger partial charge on any atom is -0.409 e. The lowest BCUT2D eigenvalue weighted by atomic mass is 9.94. The van der Waals surface area contributed by atoms with Crippen LogP contribution in [-0.2, 0) is 11.3 Å². The molecular weight excluding hydrogens is 273 g/mol. The van der Waals surface area contributed by atoms with Crippen LogP contribution in [0.4, 0.5) is 4.39 Å². The summed E-state index contributed by atoms with van der Waals surface area (Å²) in [6, 6.07) is 4.94. The minimum atomic E-state index is -0.433. The Hall–Kier alpha value is -1.66.